The number of rotatable bonds is 4. The van der Waals surface area contributed by atoms with Crippen LogP contribution >= 0.6 is 11.8 Å². The highest BCUT2D eigenvalue weighted by atomic mass is 32.2. The number of aromatic amines is 1. The van der Waals surface area contributed by atoms with E-state index in [0.29, 0.717) is 0 Å². The maximum absolute atomic E-state index is 13.1. The van der Waals surface area contributed by atoms with Crippen molar-refractivity contribution in [3.8, 4) is 17.1 Å². The van der Waals surface area contributed by atoms with E-state index in [1.165, 1.54) is 12.1 Å². The van der Waals surface area contributed by atoms with Gasteiger partial charge in [-0.25, -0.2) is 9.37 Å². The Labute approximate surface area is 105 Å². The van der Waals surface area contributed by atoms with Gasteiger partial charge in [0.05, 0.1) is 11.3 Å². The largest absolute Gasteiger partial charge is 0.504 e. The van der Waals surface area contributed by atoms with Gasteiger partial charge in [0.15, 0.2) is 17.4 Å². The van der Waals surface area contributed by atoms with Crippen LogP contribution < -0.4 is 0 Å². The van der Waals surface area contributed by atoms with Crippen LogP contribution in [0.25, 0.3) is 11.4 Å². The molecule has 2 rings (SSSR count). The number of halogens is 1. The van der Waals surface area contributed by atoms with Gasteiger partial charge in [-0.1, -0.05) is 17.8 Å². The van der Waals surface area contributed by atoms with Crippen LogP contribution in [-0.2, 0) is 4.79 Å². The summed E-state index contributed by atoms with van der Waals surface area (Å²) in [6.07, 6.45) is 0. The van der Waals surface area contributed by atoms with Crippen LogP contribution in [0.5, 0.6) is 5.75 Å². The van der Waals surface area contributed by atoms with Gasteiger partial charge >= 0.3 is 5.97 Å². The molecule has 94 valence electrons. The highest BCUT2D eigenvalue weighted by Gasteiger charge is 2.13. The van der Waals surface area contributed by atoms with E-state index < -0.39 is 17.5 Å². The lowest BCUT2D eigenvalue weighted by Crippen LogP contribution is -1.97. The zero-order valence-electron chi connectivity index (χ0n) is 8.92. The van der Waals surface area contributed by atoms with Crippen molar-refractivity contribution in [2.45, 2.75) is 5.16 Å². The van der Waals surface area contributed by atoms with Crippen molar-refractivity contribution in [2.24, 2.45) is 0 Å². The van der Waals surface area contributed by atoms with Crippen molar-refractivity contribution < 1.29 is 19.4 Å². The van der Waals surface area contributed by atoms with Gasteiger partial charge in [-0.15, -0.1) is 5.10 Å². The zero-order chi connectivity index (χ0) is 13.1. The molecule has 8 heteroatoms. The number of benzene rings is 1. The number of aliphatic carboxylic acids is 1. The summed E-state index contributed by atoms with van der Waals surface area (Å²) in [6, 6.07) is 4.02. The minimum absolute atomic E-state index is 0.171. The summed E-state index contributed by atoms with van der Waals surface area (Å²) in [5.74, 6) is -2.26. The van der Waals surface area contributed by atoms with Crippen molar-refractivity contribution >= 4 is 17.7 Å². The second-order valence-corrected chi connectivity index (χ2v) is 4.23. The molecule has 0 bridgehead atoms. The second-order valence-electron chi connectivity index (χ2n) is 3.29. The number of carbonyl (C=O) groups is 1. The molecule has 0 spiro atoms. The number of nitrogens with zero attached hydrogens (tertiary/aromatic N) is 2. The lowest BCUT2D eigenvalue weighted by atomic mass is 10.2. The summed E-state index contributed by atoms with van der Waals surface area (Å²) in [5, 5.41) is 24.5. The lowest BCUT2D eigenvalue weighted by molar-refractivity contribution is -0.133. The molecule has 0 aliphatic carbocycles. The maximum atomic E-state index is 13.1. The molecule has 1 aromatic carbocycles. The molecule has 0 unspecified atom stereocenters. The van der Waals surface area contributed by atoms with Crippen molar-refractivity contribution in [3.05, 3.63) is 24.0 Å². The SMILES string of the molecule is O=C(O)CSc1n[nH]c(-c2cccc(F)c2O)n1. The number of para-hydroxylation sites is 1. The minimum Gasteiger partial charge on any atom is -0.504 e. The number of nitrogens with one attached hydrogen (secondary N) is 1. The summed E-state index contributed by atoms with van der Waals surface area (Å²) in [5.41, 5.74) is 0.171. The molecule has 0 atom stereocenters. The average molecular weight is 269 g/mol. The number of carboxylic acid groups (broad SMARTS) is 1. The number of thioether (sulfide) groups is 1. The number of aromatic nitrogens is 3. The van der Waals surface area contributed by atoms with E-state index in [4.69, 9.17) is 5.11 Å². The van der Waals surface area contributed by atoms with E-state index in [0.717, 1.165) is 17.8 Å². The quantitative estimate of drug-likeness (QED) is 0.727. The first-order chi connectivity index (χ1) is 8.58. The van der Waals surface area contributed by atoms with E-state index >= 15 is 0 Å². The smallest absolute Gasteiger partial charge is 0.313 e. The maximum Gasteiger partial charge on any atom is 0.313 e. The highest BCUT2D eigenvalue weighted by Crippen LogP contribution is 2.29. The third-order valence-electron chi connectivity index (χ3n) is 2.03. The van der Waals surface area contributed by atoms with Crippen LogP contribution in [-0.4, -0.2) is 37.1 Å². The van der Waals surface area contributed by atoms with Gasteiger partial charge in [0, 0.05) is 0 Å². The third-order valence-corrected chi connectivity index (χ3v) is 2.86. The number of carboxylic acids is 1. The van der Waals surface area contributed by atoms with Crippen molar-refractivity contribution in [3.63, 3.8) is 0 Å². The Balaban J connectivity index is 2.24. The fourth-order valence-corrected chi connectivity index (χ4v) is 1.78. The molecule has 2 aromatic rings. The van der Waals surface area contributed by atoms with Gasteiger partial charge in [-0.05, 0) is 12.1 Å². The van der Waals surface area contributed by atoms with Crippen molar-refractivity contribution in [1.29, 1.82) is 0 Å². The normalized spacial score (nSPS) is 10.5. The molecule has 0 fully saturated rings. The molecule has 0 aliphatic heterocycles. The number of hydrogen-bond donors (Lipinski definition) is 3. The van der Waals surface area contributed by atoms with E-state index in [9.17, 15) is 14.3 Å². The average Bonchev–Trinajstić information content (AvgIpc) is 2.78. The summed E-state index contributed by atoms with van der Waals surface area (Å²) in [4.78, 5) is 14.3. The van der Waals surface area contributed by atoms with Crippen molar-refractivity contribution in [1.82, 2.24) is 15.2 Å². The summed E-state index contributed by atoms with van der Waals surface area (Å²) in [7, 11) is 0. The minimum atomic E-state index is -0.986. The number of H-pyrrole nitrogens is 1. The fraction of sp³-hybridized carbons (Fsp3) is 0.100. The van der Waals surface area contributed by atoms with Crippen LogP contribution in [0.2, 0.25) is 0 Å². The van der Waals surface area contributed by atoms with E-state index in [2.05, 4.69) is 15.2 Å². The molecule has 1 aromatic heterocycles. The third kappa shape index (κ3) is 2.59. The number of aromatic hydroxyl groups is 1. The number of hydrogen-bond acceptors (Lipinski definition) is 5. The molecule has 0 saturated carbocycles. The summed E-state index contributed by atoms with van der Waals surface area (Å²) < 4.78 is 13.1. The van der Waals surface area contributed by atoms with Crippen LogP contribution in [0, 0.1) is 5.82 Å². The fourth-order valence-electron chi connectivity index (χ4n) is 1.26. The molecule has 0 radical (unpaired) electrons. The molecular formula is C10H8FN3O3S. The lowest BCUT2D eigenvalue weighted by Gasteiger charge is -2.00. The standard InChI is InChI=1S/C10H8FN3O3S/c11-6-3-1-2-5(8(6)17)9-12-10(14-13-9)18-4-7(15)16/h1-3,17H,4H2,(H,15,16)(H,12,13,14). The first kappa shape index (κ1) is 12.4. The Hall–Kier alpha value is -2.09. The molecule has 0 amide bonds. The molecule has 3 N–H and O–H groups in total. The van der Waals surface area contributed by atoms with Gasteiger partial charge < -0.3 is 10.2 Å². The Morgan fingerprint density at radius 2 is 2.28 bits per heavy atom. The molecular weight excluding hydrogens is 261 g/mol. The Kier molecular flexibility index (Phi) is 3.47. The Morgan fingerprint density at radius 1 is 1.50 bits per heavy atom. The molecule has 0 saturated heterocycles. The van der Waals surface area contributed by atoms with Gasteiger partial charge in [-0.3, -0.25) is 9.89 Å². The highest BCUT2D eigenvalue weighted by molar-refractivity contribution is 7.99. The summed E-state index contributed by atoms with van der Waals surface area (Å²) >= 11 is 0.926. The van der Waals surface area contributed by atoms with Gasteiger partial charge in [-0.2, -0.15) is 0 Å². The van der Waals surface area contributed by atoms with Crippen LogP contribution in [0.4, 0.5) is 4.39 Å². The van der Waals surface area contributed by atoms with E-state index in [1.54, 1.807) is 0 Å². The van der Waals surface area contributed by atoms with E-state index in [1.807, 2.05) is 0 Å². The first-order valence-corrected chi connectivity index (χ1v) is 5.81. The first-order valence-electron chi connectivity index (χ1n) is 4.83. The molecule has 18 heavy (non-hydrogen) atoms. The topological polar surface area (TPSA) is 99.1 Å². The zero-order valence-corrected chi connectivity index (χ0v) is 9.74. The van der Waals surface area contributed by atoms with Gasteiger partial charge in [0.25, 0.3) is 0 Å². The van der Waals surface area contributed by atoms with Gasteiger partial charge in [0.1, 0.15) is 0 Å². The Bertz CT molecular complexity index is 587. The predicted octanol–water partition coefficient (Wildman–Crippen LogP) is 1.49. The molecule has 6 nitrogen and oxygen atoms in total. The summed E-state index contributed by atoms with van der Waals surface area (Å²) in [6.45, 7) is 0. The van der Waals surface area contributed by atoms with Crippen LogP contribution in [0.1, 0.15) is 0 Å². The predicted molar refractivity (Wildman–Crippen MR) is 61.8 cm³/mol. The number of phenolic OH excluding ortho intramolecular Hbond substituents is 1. The second kappa shape index (κ2) is 5.05. The van der Waals surface area contributed by atoms with E-state index in [-0.39, 0.29) is 22.3 Å². The number of phenols is 1. The molecule has 0 aliphatic rings. The van der Waals surface area contributed by atoms with Crippen LogP contribution in [0.3, 0.4) is 0 Å². The monoisotopic (exact) mass is 269 g/mol. The Morgan fingerprint density at radius 3 is 3.00 bits per heavy atom. The van der Waals surface area contributed by atoms with Gasteiger partial charge in [0.2, 0.25) is 5.16 Å². The molecule has 1 heterocycles. The van der Waals surface area contributed by atoms with Crippen LogP contribution in [0.15, 0.2) is 23.4 Å². The van der Waals surface area contributed by atoms with Crippen molar-refractivity contribution in [2.75, 3.05) is 5.75 Å².